The molecule has 2 nitrogen and oxygen atoms in total. The third-order valence-corrected chi connectivity index (χ3v) is 5.05. The lowest BCUT2D eigenvalue weighted by molar-refractivity contribution is -0.115. The maximum absolute atomic E-state index is 12.3. The second-order valence-electron chi connectivity index (χ2n) is 7.21. The van der Waals surface area contributed by atoms with E-state index in [-0.39, 0.29) is 11.3 Å². The molecular weight excluding hydrogens is 326 g/mol. The van der Waals surface area contributed by atoms with Crippen molar-refractivity contribution in [2.45, 2.75) is 31.1 Å². The number of carbonyl (C=O) groups excluding carboxylic acids is 1. The van der Waals surface area contributed by atoms with Crippen LogP contribution in [0.15, 0.2) is 65.1 Å². The molecule has 0 aromatic heterocycles. The number of hydrogen-bond donors (Lipinski definition) is 1. The van der Waals surface area contributed by atoms with E-state index in [1.165, 1.54) is 10.5 Å². The van der Waals surface area contributed by atoms with E-state index in [0.717, 1.165) is 16.8 Å². The summed E-state index contributed by atoms with van der Waals surface area (Å²) in [6.45, 7) is 6.59. The molecular formula is C22H23NOS. The Morgan fingerprint density at radius 2 is 1.60 bits per heavy atom. The summed E-state index contributed by atoms with van der Waals surface area (Å²) in [5.74, 6) is -0.0520. The van der Waals surface area contributed by atoms with E-state index >= 15 is 0 Å². The van der Waals surface area contributed by atoms with Gasteiger partial charge in [0.05, 0.1) is 0 Å². The zero-order valence-corrected chi connectivity index (χ0v) is 15.9. The number of rotatable bonds is 3. The quantitative estimate of drug-likeness (QED) is 0.605. The number of benzene rings is 2. The average Bonchev–Trinajstić information content (AvgIpc) is 2.96. The van der Waals surface area contributed by atoms with Gasteiger partial charge in [0.25, 0.3) is 5.91 Å². The van der Waals surface area contributed by atoms with E-state index in [9.17, 15) is 4.79 Å². The highest BCUT2D eigenvalue weighted by atomic mass is 32.2. The van der Waals surface area contributed by atoms with Crippen LogP contribution < -0.4 is 5.32 Å². The van der Waals surface area contributed by atoms with Gasteiger partial charge < -0.3 is 5.32 Å². The normalized spacial score (nSPS) is 16.1. The van der Waals surface area contributed by atoms with Gasteiger partial charge in [0, 0.05) is 16.2 Å². The van der Waals surface area contributed by atoms with Crippen molar-refractivity contribution in [2.75, 3.05) is 6.26 Å². The largest absolute Gasteiger partial charge is 0.321 e. The van der Waals surface area contributed by atoms with Crippen LogP contribution in [0, 0.1) is 0 Å². The predicted octanol–water partition coefficient (Wildman–Crippen LogP) is 5.26. The van der Waals surface area contributed by atoms with Crippen LogP contribution in [-0.2, 0) is 10.2 Å². The molecule has 3 heteroatoms. The lowest BCUT2D eigenvalue weighted by Crippen LogP contribution is -2.16. The summed E-state index contributed by atoms with van der Waals surface area (Å²) < 4.78 is 0. The molecule has 3 rings (SSSR count). The topological polar surface area (TPSA) is 29.1 Å². The highest BCUT2D eigenvalue weighted by Crippen LogP contribution is 2.26. The standard InChI is InChI=1S/C22H23NOS/c1-22(2,3)18-9-7-16(8-10-18)20-14-17(21(24)23-20)13-15-5-11-19(25-4)12-6-15/h5-14H,1-4H3,(H,23,24). The van der Waals surface area contributed by atoms with Gasteiger partial charge in [0.15, 0.2) is 0 Å². The van der Waals surface area contributed by atoms with Crippen LogP contribution in [0.5, 0.6) is 0 Å². The van der Waals surface area contributed by atoms with Gasteiger partial charge in [-0.15, -0.1) is 11.8 Å². The second kappa shape index (κ2) is 6.93. The smallest absolute Gasteiger partial charge is 0.255 e. The summed E-state index contributed by atoms with van der Waals surface area (Å²) >= 11 is 1.71. The fourth-order valence-corrected chi connectivity index (χ4v) is 3.15. The Morgan fingerprint density at radius 1 is 0.960 bits per heavy atom. The molecule has 2 aromatic rings. The third-order valence-electron chi connectivity index (χ3n) is 4.31. The van der Waals surface area contributed by atoms with E-state index in [2.05, 4.69) is 68.7 Å². The van der Waals surface area contributed by atoms with Crippen molar-refractivity contribution in [1.82, 2.24) is 5.32 Å². The van der Waals surface area contributed by atoms with Crippen LogP contribution in [0.4, 0.5) is 0 Å². The highest BCUT2D eigenvalue weighted by Gasteiger charge is 2.20. The Labute approximate surface area is 154 Å². The predicted molar refractivity (Wildman–Crippen MR) is 107 cm³/mol. The van der Waals surface area contributed by atoms with E-state index < -0.39 is 0 Å². The van der Waals surface area contributed by atoms with E-state index in [4.69, 9.17) is 0 Å². The molecule has 1 N–H and O–H groups in total. The Hall–Kier alpha value is -2.26. The molecule has 0 saturated heterocycles. The van der Waals surface area contributed by atoms with Gasteiger partial charge in [-0.25, -0.2) is 0 Å². The molecule has 1 aliphatic heterocycles. The Kier molecular flexibility index (Phi) is 4.87. The molecule has 1 aliphatic rings. The molecule has 0 aliphatic carbocycles. The zero-order valence-electron chi connectivity index (χ0n) is 15.1. The van der Waals surface area contributed by atoms with Crippen molar-refractivity contribution < 1.29 is 4.79 Å². The fourth-order valence-electron chi connectivity index (χ4n) is 2.74. The molecule has 1 heterocycles. The molecule has 0 unspecified atom stereocenters. The van der Waals surface area contributed by atoms with Gasteiger partial charge in [-0.05, 0) is 52.6 Å². The molecule has 0 fully saturated rings. The van der Waals surface area contributed by atoms with Crippen LogP contribution in [-0.4, -0.2) is 12.2 Å². The summed E-state index contributed by atoms with van der Waals surface area (Å²) in [5.41, 5.74) is 5.01. The van der Waals surface area contributed by atoms with Crippen LogP contribution in [0.1, 0.15) is 37.5 Å². The zero-order chi connectivity index (χ0) is 18.0. The first-order valence-electron chi connectivity index (χ1n) is 8.36. The number of thioether (sulfide) groups is 1. The molecule has 25 heavy (non-hydrogen) atoms. The number of hydrogen-bond acceptors (Lipinski definition) is 2. The second-order valence-corrected chi connectivity index (χ2v) is 8.09. The monoisotopic (exact) mass is 349 g/mol. The van der Waals surface area contributed by atoms with Crippen LogP contribution >= 0.6 is 11.8 Å². The molecule has 0 bridgehead atoms. The molecule has 128 valence electrons. The average molecular weight is 349 g/mol. The lowest BCUT2D eigenvalue weighted by Gasteiger charge is -2.19. The number of amides is 1. The van der Waals surface area contributed by atoms with Crippen molar-refractivity contribution in [3.8, 4) is 0 Å². The summed E-state index contributed by atoms with van der Waals surface area (Å²) in [6, 6.07) is 16.6. The van der Waals surface area contributed by atoms with Gasteiger partial charge >= 0.3 is 0 Å². The summed E-state index contributed by atoms with van der Waals surface area (Å²) in [7, 11) is 0. The first kappa shape index (κ1) is 17.6. The molecule has 0 saturated carbocycles. The lowest BCUT2D eigenvalue weighted by atomic mass is 9.86. The Morgan fingerprint density at radius 3 is 2.16 bits per heavy atom. The van der Waals surface area contributed by atoms with E-state index in [0.29, 0.717) is 5.57 Å². The first-order chi connectivity index (χ1) is 11.9. The van der Waals surface area contributed by atoms with Gasteiger partial charge in [0.1, 0.15) is 0 Å². The van der Waals surface area contributed by atoms with Crippen molar-refractivity contribution in [1.29, 1.82) is 0 Å². The van der Waals surface area contributed by atoms with Crippen molar-refractivity contribution >= 4 is 29.4 Å². The Bertz CT molecular complexity index is 837. The minimum Gasteiger partial charge on any atom is -0.321 e. The maximum Gasteiger partial charge on any atom is 0.255 e. The molecule has 0 radical (unpaired) electrons. The molecule has 0 atom stereocenters. The summed E-state index contributed by atoms with van der Waals surface area (Å²) in [4.78, 5) is 13.5. The Balaban J connectivity index is 1.85. The third kappa shape index (κ3) is 4.05. The first-order valence-corrected chi connectivity index (χ1v) is 9.59. The van der Waals surface area contributed by atoms with Gasteiger partial charge in [-0.3, -0.25) is 4.79 Å². The summed E-state index contributed by atoms with van der Waals surface area (Å²) in [6.07, 6.45) is 5.91. The van der Waals surface area contributed by atoms with Crippen LogP contribution in [0.25, 0.3) is 11.8 Å². The van der Waals surface area contributed by atoms with Gasteiger partial charge in [-0.2, -0.15) is 0 Å². The minimum atomic E-state index is -0.0520. The number of carbonyl (C=O) groups is 1. The van der Waals surface area contributed by atoms with Crippen LogP contribution in [0.3, 0.4) is 0 Å². The van der Waals surface area contributed by atoms with Crippen molar-refractivity contribution in [3.05, 3.63) is 76.9 Å². The van der Waals surface area contributed by atoms with Gasteiger partial charge in [0.2, 0.25) is 0 Å². The molecule has 1 amide bonds. The molecule has 2 aromatic carbocycles. The summed E-state index contributed by atoms with van der Waals surface area (Å²) in [5, 5.41) is 2.97. The van der Waals surface area contributed by atoms with Crippen molar-refractivity contribution in [3.63, 3.8) is 0 Å². The number of nitrogens with one attached hydrogen (secondary N) is 1. The SMILES string of the molecule is CSc1ccc(C=C2C=C(c3ccc(C(C)(C)C)cc3)NC2=O)cc1. The maximum atomic E-state index is 12.3. The van der Waals surface area contributed by atoms with Gasteiger partial charge in [-0.1, -0.05) is 57.2 Å². The van der Waals surface area contributed by atoms with E-state index in [1.807, 2.05) is 24.3 Å². The van der Waals surface area contributed by atoms with E-state index in [1.54, 1.807) is 11.8 Å². The highest BCUT2D eigenvalue weighted by molar-refractivity contribution is 7.98. The van der Waals surface area contributed by atoms with Crippen molar-refractivity contribution in [2.24, 2.45) is 0 Å². The molecule has 0 spiro atoms. The minimum absolute atomic E-state index is 0.0520. The fraction of sp³-hybridized carbons (Fsp3) is 0.227. The van der Waals surface area contributed by atoms with Crippen LogP contribution in [0.2, 0.25) is 0 Å².